The number of nitrogens with zero attached hydrogens (tertiary/aromatic N) is 1. The van der Waals surface area contributed by atoms with Crippen LogP contribution in [0.1, 0.15) is 18.5 Å². The Labute approximate surface area is 177 Å². The fourth-order valence-electron chi connectivity index (χ4n) is 3.60. The van der Waals surface area contributed by atoms with E-state index in [1.807, 2.05) is 42.5 Å². The molecule has 0 unspecified atom stereocenters. The summed E-state index contributed by atoms with van der Waals surface area (Å²) in [6, 6.07) is 19.2. The van der Waals surface area contributed by atoms with E-state index in [2.05, 4.69) is 16.0 Å². The standard InChI is InChI=1S/C22H18N4O3S/c1-13-19(21(27)24-15-9-11-16(12-10-15)26(28)29)20(25-22(30)23-13)18-8-4-6-14-5-2-3-7-17(14)18/h2-12,20H,1H3,(H,24,27)(H2,23,25,30)/t20-/m0/s1. The third-order valence-electron chi connectivity index (χ3n) is 4.98. The van der Waals surface area contributed by atoms with Gasteiger partial charge in [0, 0.05) is 23.5 Å². The molecular formula is C22H18N4O3S. The van der Waals surface area contributed by atoms with Crippen molar-refractivity contribution in [3.05, 3.63) is 93.7 Å². The molecule has 1 heterocycles. The molecule has 1 amide bonds. The second kappa shape index (κ2) is 7.92. The third-order valence-corrected chi connectivity index (χ3v) is 5.20. The van der Waals surface area contributed by atoms with Gasteiger partial charge in [-0.2, -0.15) is 0 Å². The van der Waals surface area contributed by atoms with E-state index in [0.717, 1.165) is 16.3 Å². The lowest BCUT2D eigenvalue weighted by molar-refractivity contribution is -0.384. The number of nitro benzene ring substituents is 1. The van der Waals surface area contributed by atoms with E-state index in [-0.39, 0.29) is 11.6 Å². The van der Waals surface area contributed by atoms with Crippen LogP contribution in [0.2, 0.25) is 0 Å². The van der Waals surface area contributed by atoms with E-state index in [4.69, 9.17) is 12.2 Å². The molecule has 0 aliphatic carbocycles. The predicted octanol–water partition coefficient (Wildman–Crippen LogP) is 4.18. The Bertz CT molecular complexity index is 1200. The normalized spacial score (nSPS) is 16.0. The smallest absolute Gasteiger partial charge is 0.269 e. The first kappa shape index (κ1) is 19.5. The summed E-state index contributed by atoms with van der Waals surface area (Å²) in [6.07, 6.45) is 0. The van der Waals surface area contributed by atoms with Crippen molar-refractivity contribution in [2.45, 2.75) is 13.0 Å². The molecule has 0 radical (unpaired) electrons. The molecule has 150 valence electrons. The number of non-ortho nitro benzene ring substituents is 1. The van der Waals surface area contributed by atoms with E-state index >= 15 is 0 Å². The van der Waals surface area contributed by atoms with E-state index in [0.29, 0.717) is 22.1 Å². The number of thiocarbonyl (C=S) groups is 1. The van der Waals surface area contributed by atoms with E-state index in [1.54, 1.807) is 6.92 Å². The molecule has 3 N–H and O–H groups in total. The Kier molecular flexibility index (Phi) is 5.16. The monoisotopic (exact) mass is 418 g/mol. The SMILES string of the molecule is CC1=C(C(=O)Nc2ccc([N+](=O)[O-])cc2)[C@H](c2cccc3ccccc23)NC(=S)N1. The van der Waals surface area contributed by atoms with Gasteiger partial charge in [0.25, 0.3) is 11.6 Å². The van der Waals surface area contributed by atoms with Gasteiger partial charge in [0.15, 0.2) is 5.11 Å². The van der Waals surface area contributed by atoms with Crippen LogP contribution in [0.4, 0.5) is 11.4 Å². The number of amides is 1. The molecule has 0 fully saturated rings. The summed E-state index contributed by atoms with van der Waals surface area (Å²) < 4.78 is 0. The summed E-state index contributed by atoms with van der Waals surface area (Å²) in [5.41, 5.74) is 2.51. The number of nitro groups is 1. The van der Waals surface area contributed by atoms with Crippen molar-refractivity contribution in [2.75, 3.05) is 5.32 Å². The maximum absolute atomic E-state index is 13.2. The van der Waals surface area contributed by atoms with Crippen LogP contribution in [0.5, 0.6) is 0 Å². The van der Waals surface area contributed by atoms with Crippen molar-refractivity contribution in [2.24, 2.45) is 0 Å². The highest BCUT2D eigenvalue weighted by molar-refractivity contribution is 7.80. The molecule has 3 aromatic carbocycles. The molecule has 0 spiro atoms. The molecule has 4 rings (SSSR count). The molecule has 1 aliphatic rings. The van der Waals surface area contributed by atoms with Gasteiger partial charge in [0.1, 0.15) is 0 Å². The Morgan fingerprint density at radius 3 is 2.50 bits per heavy atom. The Morgan fingerprint density at radius 1 is 1.07 bits per heavy atom. The van der Waals surface area contributed by atoms with Crippen molar-refractivity contribution in [1.29, 1.82) is 0 Å². The van der Waals surface area contributed by atoms with Gasteiger partial charge in [0.2, 0.25) is 0 Å². The van der Waals surface area contributed by atoms with Gasteiger partial charge in [0.05, 0.1) is 16.5 Å². The van der Waals surface area contributed by atoms with Crippen LogP contribution in [0.15, 0.2) is 78.0 Å². The summed E-state index contributed by atoms with van der Waals surface area (Å²) in [7, 11) is 0. The molecule has 0 saturated heterocycles. The lowest BCUT2D eigenvalue weighted by Crippen LogP contribution is -2.45. The lowest BCUT2D eigenvalue weighted by Gasteiger charge is -2.31. The minimum absolute atomic E-state index is 0.0385. The van der Waals surface area contributed by atoms with Crippen molar-refractivity contribution in [3.63, 3.8) is 0 Å². The quantitative estimate of drug-likeness (QED) is 0.334. The average Bonchev–Trinajstić information content (AvgIpc) is 2.73. The van der Waals surface area contributed by atoms with Gasteiger partial charge in [-0.25, -0.2) is 0 Å². The number of benzene rings is 3. The first-order valence-corrected chi connectivity index (χ1v) is 9.66. The van der Waals surface area contributed by atoms with E-state index in [1.165, 1.54) is 24.3 Å². The Hall–Kier alpha value is -3.78. The van der Waals surface area contributed by atoms with Gasteiger partial charge in [-0.15, -0.1) is 0 Å². The van der Waals surface area contributed by atoms with Gasteiger partial charge in [-0.1, -0.05) is 42.5 Å². The third kappa shape index (κ3) is 3.72. The number of nitrogens with one attached hydrogen (secondary N) is 3. The Morgan fingerprint density at radius 2 is 1.77 bits per heavy atom. The number of hydrogen-bond donors (Lipinski definition) is 3. The first-order chi connectivity index (χ1) is 14.4. The van der Waals surface area contributed by atoms with Crippen LogP contribution in [0.3, 0.4) is 0 Å². The molecule has 30 heavy (non-hydrogen) atoms. The molecule has 0 saturated carbocycles. The molecule has 8 heteroatoms. The van der Waals surface area contributed by atoms with Crippen LogP contribution in [0.25, 0.3) is 10.8 Å². The first-order valence-electron chi connectivity index (χ1n) is 9.26. The fraction of sp³-hybridized carbons (Fsp3) is 0.0909. The number of anilines is 1. The molecule has 0 aromatic heterocycles. The molecular weight excluding hydrogens is 400 g/mol. The largest absolute Gasteiger partial charge is 0.351 e. The lowest BCUT2D eigenvalue weighted by atomic mass is 9.91. The zero-order valence-electron chi connectivity index (χ0n) is 16.0. The highest BCUT2D eigenvalue weighted by Gasteiger charge is 2.31. The highest BCUT2D eigenvalue weighted by Crippen LogP contribution is 2.32. The maximum Gasteiger partial charge on any atom is 0.269 e. The minimum atomic E-state index is -0.481. The van der Waals surface area contributed by atoms with Crippen molar-refractivity contribution < 1.29 is 9.72 Å². The zero-order chi connectivity index (χ0) is 21.3. The van der Waals surface area contributed by atoms with Crippen LogP contribution in [0, 0.1) is 10.1 Å². The predicted molar refractivity (Wildman–Crippen MR) is 120 cm³/mol. The Balaban J connectivity index is 1.71. The minimum Gasteiger partial charge on any atom is -0.351 e. The average molecular weight is 418 g/mol. The summed E-state index contributed by atoms with van der Waals surface area (Å²) in [5, 5.41) is 22.4. The summed E-state index contributed by atoms with van der Waals surface area (Å²) in [6.45, 7) is 1.80. The van der Waals surface area contributed by atoms with E-state index in [9.17, 15) is 14.9 Å². The molecule has 7 nitrogen and oxygen atoms in total. The van der Waals surface area contributed by atoms with Crippen LogP contribution < -0.4 is 16.0 Å². The van der Waals surface area contributed by atoms with Crippen molar-refractivity contribution >= 4 is 45.4 Å². The van der Waals surface area contributed by atoms with Gasteiger partial charge >= 0.3 is 0 Å². The number of allylic oxidation sites excluding steroid dienone is 1. The second-order valence-electron chi connectivity index (χ2n) is 6.90. The number of hydrogen-bond acceptors (Lipinski definition) is 4. The molecule has 1 aliphatic heterocycles. The number of fused-ring (bicyclic) bond motifs is 1. The van der Waals surface area contributed by atoms with Gasteiger partial charge in [-0.3, -0.25) is 14.9 Å². The summed E-state index contributed by atoms with van der Waals surface area (Å²) in [5.74, 6) is -0.318. The van der Waals surface area contributed by atoms with Crippen molar-refractivity contribution in [3.8, 4) is 0 Å². The maximum atomic E-state index is 13.2. The van der Waals surface area contributed by atoms with E-state index < -0.39 is 11.0 Å². The van der Waals surface area contributed by atoms with Crippen molar-refractivity contribution in [1.82, 2.24) is 10.6 Å². The highest BCUT2D eigenvalue weighted by atomic mass is 32.1. The second-order valence-corrected chi connectivity index (χ2v) is 7.30. The number of rotatable bonds is 4. The molecule has 0 bridgehead atoms. The fourth-order valence-corrected chi connectivity index (χ4v) is 3.87. The number of carbonyl (C=O) groups is 1. The zero-order valence-corrected chi connectivity index (χ0v) is 16.8. The molecule has 1 atom stereocenters. The van der Waals surface area contributed by atoms with Crippen LogP contribution in [-0.4, -0.2) is 15.9 Å². The van der Waals surface area contributed by atoms with Crippen LogP contribution >= 0.6 is 12.2 Å². The molecule has 3 aromatic rings. The topological polar surface area (TPSA) is 96.3 Å². The summed E-state index contributed by atoms with van der Waals surface area (Å²) in [4.78, 5) is 23.6. The number of carbonyl (C=O) groups excluding carboxylic acids is 1. The summed E-state index contributed by atoms with van der Waals surface area (Å²) >= 11 is 5.34. The van der Waals surface area contributed by atoms with Gasteiger partial charge in [-0.05, 0) is 47.6 Å². The van der Waals surface area contributed by atoms with Crippen LogP contribution in [-0.2, 0) is 4.79 Å². The van der Waals surface area contributed by atoms with Gasteiger partial charge < -0.3 is 16.0 Å².